The van der Waals surface area contributed by atoms with Gasteiger partial charge in [0.15, 0.2) is 0 Å². The van der Waals surface area contributed by atoms with Crippen molar-refractivity contribution in [1.82, 2.24) is 5.32 Å². The zero-order valence-corrected chi connectivity index (χ0v) is 10.4. The van der Waals surface area contributed by atoms with Gasteiger partial charge in [0.2, 0.25) is 5.91 Å². The zero-order chi connectivity index (χ0) is 11.4. The Morgan fingerprint density at radius 3 is 2.81 bits per heavy atom. The van der Waals surface area contributed by atoms with Crippen LogP contribution in [0.5, 0.6) is 0 Å². The number of alkyl halides is 1. The minimum Gasteiger partial charge on any atom is -0.368 e. The van der Waals surface area contributed by atoms with Crippen LogP contribution in [0.15, 0.2) is 0 Å². The predicted octanol–water partition coefficient (Wildman–Crippen LogP) is 2.08. The first kappa shape index (κ1) is 12.2. The van der Waals surface area contributed by atoms with E-state index in [2.05, 4.69) is 5.32 Å². The van der Waals surface area contributed by atoms with E-state index in [0.29, 0.717) is 11.3 Å². The Bertz CT molecular complexity index is 247. The first-order chi connectivity index (χ1) is 7.76. The second-order valence-corrected chi connectivity index (χ2v) is 5.39. The summed E-state index contributed by atoms with van der Waals surface area (Å²) in [4.78, 5) is 11.8. The summed E-state index contributed by atoms with van der Waals surface area (Å²) < 4.78 is 5.45. The van der Waals surface area contributed by atoms with Crippen LogP contribution in [0.25, 0.3) is 0 Å². The monoisotopic (exact) mass is 245 g/mol. The molecule has 0 radical (unpaired) electrons. The second-order valence-electron chi connectivity index (χ2n) is 5.01. The Morgan fingerprint density at radius 1 is 1.44 bits per heavy atom. The van der Waals surface area contributed by atoms with Crippen molar-refractivity contribution in [2.75, 3.05) is 19.0 Å². The number of ether oxygens (including phenoxy) is 1. The molecule has 2 rings (SSSR count). The molecule has 2 fully saturated rings. The summed E-state index contributed by atoms with van der Waals surface area (Å²) >= 11 is 5.75. The molecule has 92 valence electrons. The summed E-state index contributed by atoms with van der Waals surface area (Å²) in [6.45, 7) is 1.50. The molecule has 0 spiro atoms. The van der Waals surface area contributed by atoms with Crippen LogP contribution in [0.4, 0.5) is 0 Å². The molecule has 0 bridgehead atoms. The predicted molar refractivity (Wildman–Crippen MR) is 63.6 cm³/mol. The molecule has 1 N–H and O–H groups in total. The summed E-state index contributed by atoms with van der Waals surface area (Å²) in [5.74, 6) is 0.760. The van der Waals surface area contributed by atoms with E-state index >= 15 is 0 Å². The molecule has 1 saturated heterocycles. The molecule has 4 heteroatoms. The van der Waals surface area contributed by atoms with Gasteiger partial charge in [-0.15, -0.1) is 11.6 Å². The van der Waals surface area contributed by atoms with E-state index in [1.54, 1.807) is 0 Å². The quantitative estimate of drug-likeness (QED) is 0.754. The van der Waals surface area contributed by atoms with Gasteiger partial charge in [0.05, 0.1) is 0 Å². The van der Waals surface area contributed by atoms with Gasteiger partial charge in [-0.2, -0.15) is 0 Å². The number of hydrogen-bond donors (Lipinski definition) is 1. The maximum Gasteiger partial charge on any atom is 0.249 e. The Morgan fingerprint density at radius 2 is 2.25 bits per heavy atom. The van der Waals surface area contributed by atoms with Gasteiger partial charge in [0.25, 0.3) is 0 Å². The topological polar surface area (TPSA) is 38.3 Å². The van der Waals surface area contributed by atoms with Gasteiger partial charge in [-0.1, -0.05) is 0 Å². The fourth-order valence-corrected chi connectivity index (χ4v) is 2.63. The largest absolute Gasteiger partial charge is 0.368 e. The smallest absolute Gasteiger partial charge is 0.249 e. The van der Waals surface area contributed by atoms with Crippen molar-refractivity contribution >= 4 is 17.5 Å². The maximum absolute atomic E-state index is 11.8. The molecule has 1 unspecified atom stereocenters. The Hall–Kier alpha value is -0.280. The van der Waals surface area contributed by atoms with E-state index in [0.717, 1.165) is 38.8 Å². The lowest BCUT2D eigenvalue weighted by atomic mass is 10.0. The lowest BCUT2D eigenvalue weighted by Gasteiger charge is -2.23. The SMILES string of the molecule is O=C(NCC1(CCCl)CC1)C1CCCCO1. The Kier molecular flexibility index (Phi) is 4.09. The zero-order valence-electron chi connectivity index (χ0n) is 9.64. The van der Waals surface area contributed by atoms with Crippen molar-refractivity contribution in [2.45, 2.75) is 44.6 Å². The highest BCUT2D eigenvalue weighted by Crippen LogP contribution is 2.48. The lowest BCUT2D eigenvalue weighted by Crippen LogP contribution is -2.41. The van der Waals surface area contributed by atoms with Crippen molar-refractivity contribution in [3.8, 4) is 0 Å². The molecular formula is C12H20ClNO2. The summed E-state index contributed by atoms with van der Waals surface area (Å²) in [6.07, 6.45) is 6.26. The van der Waals surface area contributed by atoms with Crippen LogP contribution in [-0.2, 0) is 9.53 Å². The average molecular weight is 246 g/mol. The van der Waals surface area contributed by atoms with Crippen LogP contribution < -0.4 is 5.32 Å². The number of carbonyl (C=O) groups excluding carboxylic acids is 1. The molecular weight excluding hydrogens is 226 g/mol. The number of amides is 1. The standard InChI is InChI=1S/C12H20ClNO2/c13-7-6-12(4-5-12)9-14-11(15)10-3-1-2-8-16-10/h10H,1-9H2,(H,14,15). The van der Waals surface area contributed by atoms with Gasteiger partial charge in [-0.25, -0.2) is 0 Å². The molecule has 1 heterocycles. The maximum atomic E-state index is 11.8. The number of nitrogens with one attached hydrogen (secondary N) is 1. The highest BCUT2D eigenvalue weighted by molar-refractivity contribution is 6.17. The van der Waals surface area contributed by atoms with E-state index in [9.17, 15) is 4.79 Å². The number of rotatable bonds is 5. The second kappa shape index (κ2) is 5.37. The van der Waals surface area contributed by atoms with Crippen molar-refractivity contribution in [3.05, 3.63) is 0 Å². The molecule has 1 atom stereocenters. The van der Waals surface area contributed by atoms with Gasteiger partial charge < -0.3 is 10.1 Å². The van der Waals surface area contributed by atoms with Crippen LogP contribution in [0, 0.1) is 5.41 Å². The third-order valence-electron chi connectivity index (χ3n) is 3.69. The van der Waals surface area contributed by atoms with Crippen LogP contribution in [0.1, 0.15) is 38.5 Å². The third-order valence-corrected chi connectivity index (χ3v) is 3.88. The van der Waals surface area contributed by atoms with Crippen LogP contribution >= 0.6 is 11.6 Å². The first-order valence-corrected chi connectivity index (χ1v) is 6.74. The van der Waals surface area contributed by atoms with Gasteiger partial charge >= 0.3 is 0 Å². The molecule has 1 amide bonds. The van der Waals surface area contributed by atoms with Gasteiger partial charge in [-0.05, 0) is 43.9 Å². The minimum absolute atomic E-state index is 0.0700. The number of carbonyl (C=O) groups is 1. The fourth-order valence-electron chi connectivity index (χ4n) is 2.23. The van der Waals surface area contributed by atoms with Gasteiger partial charge in [0, 0.05) is 19.0 Å². The van der Waals surface area contributed by atoms with Crippen LogP contribution in [-0.4, -0.2) is 31.0 Å². The van der Waals surface area contributed by atoms with Crippen molar-refractivity contribution in [3.63, 3.8) is 0 Å². The Labute approximate surface area is 102 Å². The molecule has 0 aromatic carbocycles. The summed E-state index contributed by atoms with van der Waals surface area (Å²) in [5.41, 5.74) is 0.312. The molecule has 0 aromatic heterocycles. The highest BCUT2D eigenvalue weighted by atomic mass is 35.5. The normalized spacial score (nSPS) is 27.4. The van der Waals surface area contributed by atoms with E-state index in [-0.39, 0.29) is 12.0 Å². The van der Waals surface area contributed by atoms with Crippen LogP contribution in [0.2, 0.25) is 0 Å². The lowest BCUT2D eigenvalue weighted by molar-refractivity contribution is -0.135. The first-order valence-electron chi connectivity index (χ1n) is 6.21. The molecule has 3 nitrogen and oxygen atoms in total. The molecule has 0 aromatic rings. The molecule has 16 heavy (non-hydrogen) atoms. The van der Waals surface area contributed by atoms with Gasteiger partial charge in [-0.3, -0.25) is 4.79 Å². The molecule has 1 aliphatic carbocycles. The van der Waals surface area contributed by atoms with Crippen molar-refractivity contribution in [2.24, 2.45) is 5.41 Å². The number of hydrogen-bond acceptors (Lipinski definition) is 2. The van der Waals surface area contributed by atoms with Gasteiger partial charge in [0.1, 0.15) is 6.10 Å². The van der Waals surface area contributed by atoms with E-state index in [1.165, 1.54) is 12.8 Å². The van der Waals surface area contributed by atoms with E-state index in [1.807, 2.05) is 0 Å². The van der Waals surface area contributed by atoms with E-state index < -0.39 is 0 Å². The fraction of sp³-hybridized carbons (Fsp3) is 0.917. The highest BCUT2D eigenvalue weighted by Gasteiger charge is 2.42. The third kappa shape index (κ3) is 3.11. The average Bonchev–Trinajstić information content (AvgIpc) is 3.08. The summed E-state index contributed by atoms with van der Waals surface area (Å²) in [7, 11) is 0. The summed E-state index contributed by atoms with van der Waals surface area (Å²) in [5, 5.41) is 3.02. The number of halogens is 1. The molecule has 1 saturated carbocycles. The van der Waals surface area contributed by atoms with Crippen LogP contribution in [0.3, 0.4) is 0 Å². The van der Waals surface area contributed by atoms with Crippen molar-refractivity contribution in [1.29, 1.82) is 0 Å². The van der Waals surface area contributed by atoms with Crippen molar-refractivity contribution < 1.29 is 9.53 Å². The molecule has 2 aliphatic rings. The Balaban J connectivity index is 1.70. The minimum atomic E-state index is -0.208. The molecule has 1 aliphatic heterocycles. The summed E-state index contributed by atoms with van der Waals surface area (Å²) in [6, 6.07) is 0. The van der Waals surface area contributed by atoms with E-state index in [4.69, 9.17) is 16.3 Å².